The molecule has 0 radical (unpaired) electrons. The molecule has 420 valence electrons. The van der Waals surface area contributed by atoms with E-state index >= 15 is 17.6 Å². The van der Waals surface area contributed by atoms with E-state index in [2.05, 4.69) is 20.6 Å². The van der Waals surface area contributed by atoms with Crippen molar-refractivity contribution in [1.82, 2.24) is 40.4 Å². The molecule has 4 aliphatic heterocycles. The van der Waals surface area contributed by atoms with Crippen LogP contribution in [0.25, 0.3) is 22.1 Å². The van der Waals surface area contributed by atoms with Gasteiger partial charge in [-0.1, -0.05) is 33.8 Å². The number of carbonyl (C=O) groups excluding carboxylic acids is 4. The maximum atomic E-state index is 17.0. The highest BCUT2D eigenvalue weighted by Gasteiger charge is 2.43. The SMILES string of the molecule is COC(=O)NC(C(=O)N1CCC[C@H]1c1nc2cc([C@H]3CC[C@H](c4cc5nc([C@@H]6CCCN6C(=O)[C@@H](NC(=O)OC)C(C)C)[nH]c5cc4F)N3c3cc(F)c(N4CCC(c5ccc(F)cc5F)CC4)c(F)c3)c(F)cc2[nH]1)C(C)C. The fourth-order valence-corrected chi connectivity index (χ4v) is 12.4. The topological polar surface area (TPSA) is 181 Å². The summed E-state index contributed by atoms with van der Waals surface area (Å²) in [4.78, 5) is 75.0. The number of fused-ring (bicyclic) bond motifs is 2. The molecule has 6 heterocycles. The predicted octanol–water partition coefficient (Wildman–Crippen LogP) is 10.8. The Hall–Kier alpha value is -7.52. The number of piperidine rings is 1. The highest BCUT2D eigenvalue weighted by molar-refractivity contribution is 5.88. The fourth-order valence-electron chi connectivity index (χ4n) is 12.4. The van der Waals surface area contributed by atoms with Gasteiger partial charge in [-0.3, -0.25) is 9.59 Å². The molecule has 6 atom stereocenters. The molecule has 22 heteroatoms. The number of hydrogen-bond acceptors (Lipinski definition) is 10. The predicted molar refractivity (Wildman–Crippen MR) is 282 cm³/mol. The van der Waals surface area contributed by atoms with E-state index in [0.29, 0.717) is 90.9 Å². The molecule has 0 bridgehead atoms. The molecule has 2 aromatic heterocycles. The number of aromatic amines is 2. The van der Waals surface area contributed by atoms with Gasteiger partial charge in [-0.05, 0) is 117 Å². The van der Waals surface area contributed by atoms with E-state index in [1.165, 1.54) is 38.5 Å². The van der Waals surface area contributed by atoms with Crippen LogP contribution in [0.3, 0.4) is 0 Å². The number of hydrogen-bond donors (Lipinski definition) is 4. The molecule has 0 spiro atoms. The zero-order valence-corrected chi connectivity index (χ0v) is 44.8. The van der Waals surface area contributed by atoms with Crippen molar-refractivity contribution in [3.05, 3.63) is 118 Å². The summed E-state index contributed by atoms with van der Waals surface area (Å²) in [7, 11) is 2.43. The van der Waals surface area contributed by atoms with Crippen LogP contribution in [0, 0.1) is 46.7 Å². The molecular formula is C57H64F6N10O6. The van der Waals surface area contributed by atoms with Gasteiger partial charge in [-0.25, -0.2) is 45.9 Å². The van der Waals surface area contributed by atoms with Crippen molar-refractivity contribution in [2.45, 2.75) is 121 Å². The van der Waals surface area contributed by atoms with Crippen molar-refractivity contribution in [2.24, 2.45) is 11.8 Å². The summed E-state index contributed by atoms with van der Waals surface area (Å²) in [6.45, 7) is 8.35. The summed E-state index contributed by atoms with van der Waals surface area (Å²) >= 11 is 0. The number of methoxy groups -OCH3 is 2. The quantitative estimate of drug-likeness (QED) is 0.0813. The largest absolute Gasteiger partial charge is 0.453 e. The van der Waals surface area contributed by atoms with Crippen LogP contribution in [0.5, 0.6) is 0 Å². The van der Waals surface area contributed by atoms with Crippen molar-refractivity contribution < 1.29 is 55.0 Å². The van der Waals surface area contributed by atoms with E-state index in [-0.39, 0.29) is 78.0 Å². The molecule has 0 aliphatic carbocycles. The number of H-pyrrole nitrogens is 2. The molecule has 4 aliphatic rings. The summed E-state index contributed by atoms with van der Waals surface area (Å²) < 4.78 is 106. The molecule has 10 rings (SSSR count). The van der Waals surface area contributed by atoms with Crippen LogP contribution in [0.2, 0.25) is 0 Å². The molecule has 4 amide bonds. The number of amides is 4. The van der Waals surface area contributed by atoms with Crippen molar-refractivity contribution in [3.8, 4) is 0 Å². The summed E-state index contributed by atoms with van der Waals surface area (Å²) in [5, 5.41) is 5.27. The lowest BCUT2D eigenvalue weighted by Crippen LogP contribution is -2.51. The smallest absolute Gasteiger partial charge is 0.407 e. The number of nitrogens with one attached hydrogen (secondary N) is 4. The van der Waals surface area contributed by atoms with E-state index in [9.17, 15) is 28.0 Å². The van der Waals surface area contributed by atoms with E-state index in [0.717, 1.165) is 18.2 Å². The van der Waals surface area contributed by atoms with Gasteiger partial charge in [-0.2, -0.15) is 0 Å². The molecule has 1 unspecified atom stereocenters. The fraction of sp³-hybridized carbons (Fsp3) is 0.474. The van der Waals surface area contributed by atoms with Gasteiger partial charge in [0.1, 0.15) is 52.7 Å². The standard InChI is InChI=1S/C57H64F6N10O6/c1-28(2)49(68-56(76)78-5)54(74)71-17-7-9-47(71)52-64-41-24-34(37(60)26-43(41)66-52)45-13-14-46(73(45)32-22-39(62)51(40(63)23-32)70-19-15-30(16-20-70)33-12-11-31(58)21-36(33)59)35-25-42-44(27-38(35)61)67-53(65-42)48-10-8-18-72(48)55(75)50(29(3)4)69-57(77)79-6/h11-12,21-30,45-50H,7-10,13-20H2,1-6H3,(H,64,66)(H,65,67)(H,68,76)(H,69,77)/t45-,46-,47+,48+,49+,50?/m1/s1. The molecular weight excluding hydrogens is 1030 g/mol. The van der Waals surface area contributed by atoms with E-state index in [4.69, 9.17) is 19.4 Å². The summed E-state index contributed by atoms with van der Waals surface area (Å²) in [5.74, 6) is -5.23. The van der Waals surface area contributed by atoms with Crippen LogP contribution in [0.1, 0.15) is 137 Å². The van der Waals surface area contributed by atoms with Crippen LogP contribution in [0.4, 0.5) is 47.3 Å². The van der Waals surface area contributed by atoms with Crippen molar-refractivity contribution in [1.29, 1.82) is 0 Å². The Bertz CT molecular complexity index is 3130. The minimum absolute atomic E-state index is 0.0136. The van der Waals surface area contributed by atoms with Crippen LogP contribution in [0.15, 0.2) is 54.6 Å². The lowest BCUT2D eigenvalue weighted by Gasteiger charge is -2.36. The highest BCUT2D eigenvalue weighted by atomic mass is 19.2. The molecule has 0 saturated carbocycles. The average molecular weight is 1100 g/mol. The van der Waals surface area contributed by atoms with Crippen LogP contribution < -0.4 is 20.4 Å². The number of ether oxygens (including phenoxy) is 2. The molecule has 6 aromatic rings. The van der Waals surface area contributed by atoms with Gasteiger partial charge < -0.3 is 49.7 Å². The second kappa shape index (κ2) is 22.3. The second-order valence-corrected chi connectivity index (χ2v) is 21.8. The molecule has 4 aromatic carbocycles. The molecule has 4 N–H and O–H groups in total. The Morgan fingerprint density at radius 3 is 1.44 bits per heavy atom. The first-order valence-electron chi connectivity index (χ1n) is 27.0. The van der Waals surface area contributed by atoms with Crippen molar-refractivity contribution >= 4 is 57.4 Å². The number of carbonyl (C=O) groups is 4. The molecule has 4 fully saturated rings. The van der Waals surface area contributed by atoms with Crippen LogP contribution >= 0.6 is 0 Å². The molecule has 4 saturated heterocycles. The monoisotopic (exact) mass is 1100 g/mol. The Morgan fingerprint density at radius 2 is 1.01 bits per heavy atom. The van der Waals surface area contributed by atoms with Gasteiger partial charge in [0.15, 0.2) is 11.6 Å². The number of benzene rings is 4. The second-order valence-electron chi connectivity index (χ2n) is 21.8. The maximum Gasteiger partial charge on any atom is 0.407 e. The van der Waals surface area contributed by atoms with Gasteiger partial charge in [0.25, 0.3) is 0 Å². The number of rotatable bonds is 13. The Kier molecular flexibility index (Phi) is 15.5. The minimum atomic E-state index is -0.920. The highest BCUT2D eigenvalue weighted by Crippen LogP contribution is 2.50. The number of halogens is 6. The minimum Gasteiger partial charge on any atom is -0.453 e. The number of alkyl carbamates (subject to hydrolysis) is 2. The van der Waals surface area contributed by atoms with E-state index in [1.807, 2.05) is 27.7 Å². The van der Waals surface area contributed by atoms with Gasteiger partial charge in [0.2, 0.25) is 11.8 Å². The number of nitrogens with zero attached hydrogens (tertiary/aromatic N) is 6. The number of anilines is 2. The molecule has 79 heavy (non-hydrogen) atoms. The first kappa shape index (κ1) is 54.8. The Labute approximate surface area is 452 Å². The third kappa shape index (κ3) is 10.6. The average Bonchev–Trinajstić information content (AvgIpc) is 4.49. The van der Waals surface area contributed by atoms with Gasteiger partial charge in [0, 0.05) is 49.1 Å². The van der Waals surface area contributed by atoms with Crippen molar-refractivity contribution in [3.63, 3.8) is 0 Å². The lowest BCUT2D eigenvalue weighted by atomic mass is 9.89. The van der Waals surface area contributed by atoms with E-state index in [1.54, 1.807) is 31.7 Å². The normalized spacial score (nSPS) is 20.7. The van der Waals surface area contributed by atoms with E-state index < -0.39 is 83.3 Å². The van der Waals surface area contributed by atoms with Crippen LogP contribution in [-0.2, 0) is 19.1 Å². The Morgan fingerprint density at radius 1 is 0.557 bits per heavy atom. The lowest BCUT2D eigenvalue weighted by molar-refractivity contribution is -0.136. The third-order valence-electron chi connectivity index (χ3n) is 16.3. The first-order chi connectivity index (χ1) is 37.8. The Balaban J connectivity index is 0.994. The summed E-state index contributed by atoms with van der Waals surface area (Å²) in [6, 6.07) is 6.78. The zero-order valence-electron chi connectivity index (χ0n) is 44.8. The number of likely N-dealkylation sites (tertiary alicyclic amines) is 2. The number of imidazole rings is 2. The maximum absolute atomic E-state index is 17.0. The van der Waals surface area contributed by atoms with Gasteiger partial charge >= 0.3 is 12.2 Å². The molecule has 16 nitrogen and oxygen atoms in total. The van der Waals surface area contributed by atoms with Crippen LogP contribution in [-0.4, -0.2) is 106 Å². The van der Waals surface area contributed by atoms with Gasteiger partial charge in [0.05, 0.1) is 60.5 Å². The summed E-state index contributed by atoms with van der Waals surface area (Å²) in [6.07, 6.45) is 1.96. The number of aromatic nitrogens is 4. The van der Waals surface area contributed by atoms with Crippen molar-refractivity contribution in [2.75, 3.05) is 50.2 Å². The third-order valence-corrected chi connectivity index (χ3v) is 16.3. The summed E-state index contributed by atoms with van der Waals surface area (Å²) in [5.41, 5.74) is 1.69. The first-order valence-corrected chi connectivity index (χ1v) is 27.0. The van der Waals surface area contributed by atoms with Gasteiger partial charge in [-0.15, -0.1) is 0 Å². The zero-order chi connectivity index (χ0) is 56.1.